The SMILES string of the molecule is N=C(N)c1ccc(CNC(=O)[C@H](CCCNC(N)N)NC(=O)CNN[C@@H](CCCNC(N)N)C(=O)C(=O)Cc2ccccc2)cc1. The predicted octanol–water partition coefficient (Wildman–Crippen LogP) is -2.94. The first-order valence-electron chi connectivity index (χ1n) is 15.0. The summed E-state index contributed by atoms with van der Waals surface area (Å²) in [6.45, 7) is 0.747. The van der Waals surface area contributed by atoms with Crippen LogP contribution < -0.4 is 60.8 Å². The quantitative estimate of drug-likeness (QED) is 0.0145. The van der Waals surface area contributed by atoms with Crippen LogP contribution in [0.2, 0.25) is 0 Å². The molecule has 0 heterocycles. The first kappa shape index (κ1) is 38.1. The van der Waals surface area contributed by atoms with Crippen LogP contribution in [-0.2, 0) is 32.1 Å². The molecule has 0 saturated carbocycles. The predicted molar refractivity (Wildman–Crippen MR) is 175 cm³/mol. The van der Waals surface area contributed by atoms with Crippen molar-refractivity contribution in [1.29, 1.82) is 5.41 Å². The van der Waals surface area contributed by atoms with E-state index in [1.165, 1.54) is 0 Å². The lowest BCUT2D eigenvalue weighted by atomic mass is 9.99. The smallest absolute Gasteiger partial charge is 0.242 e. The molecule has 16 heteroatoms. The molecule has 252 valence electrons. The number of hydrogen-bond acceptors (Lipinski definition) is 13. The number of rotatable bonds is 23. The van der Waals surface area contributed by atoms with E-state index in [4.69, 9.17) is 34.1 Å². The first-order chi connectivity index (χ1) is 22.0. The van der Waals surface area contributed by atoms with Gasteiger partial charge in [-0.1, -0.05) is 54.6 Å². The van der Waals surface area contributed by atoms with E-state index < -0.39 is 48.0 Å². The molecule has 0 fully saturated rings. The molecule has 0 aliphatic heterocycles. The Balaban J connectivity index is 1.97. The first-order valence-corrected chi connectivity index (χ1v) is 15.0. The molecule has 0 spiro atoms. The molecule has 0 bridgehead atoms. The lowest BCUT2D eigenvalue weighted by Crippen LogP contribution is -2.54. The topological polar surface area (TPSA) is 294 Å². The van der Waals surface area contributed by atoms with Crippen molar-refractivity contribution < 1.29 is 19.2 Å². The summed E-state index contributed by atoms with van der Waals surface area (Å²) in [5.41, 5.74) is 35.1. The van der Waals surface area contributed by atoms with Crippen molar-refractivity contribution in [2.75, 3.05) is 19.6 Å². The molecule has 0 unspecified atom stereocenters. The molecule has 0 saturated heterocycles. The van der Waals surface area contributed by atoms with Crippen LogP contribution in [0.3, 0.4) is 0 Å². The summed E-state index contributed by atoms with van der Waals surface area (Å²) in [7, 11) is 0. The van der Waals surface area contributed by atoms with Crippen LogP contribution in [0.4, 0.5) is 0 Å². The van der Waals surface area contributed by atoms with Gasteiger partial charge in [0.15, 0.2) is 0 Å². The van der Waals surface area contributed by atoms with Gasteiger partial charge in [0.25, 0.3) is 0 Å². The van der Waals surface area contributed by atoms with E-state index in [2.05, 4.69) is 32.1 Å². The summed E-state index contributed by atoms with van der Waals surface area (Å²) < 4.78 is 0. The zero-order valence-electron chi connectivity index (χ0n) is 25.9. The molecule has 16 nitrogen and oxygen atoms in total. The van der Waals surface area contributed by atoms with E-state index in [9.17, 15) is 19.2 Å². The molecule has 46 heavy (non-hydrogen) atoms. The summed E-state index contributed by atoms with van der Waals surface area (Å²) in [5.74, 6) is -2.18. The normalized spacial score (nSPS) is 12.5. The van der Waals surface area contributed by atoms with Crippen LogP contribution in [0.15, 0.2) is 54.6 Å². The summed E-state index contributed by atoms with van der Waals surface area (Å²) >= 11 is 0. The van der Waals surface area contributed by atoms with Crippen LogP contribution in [0.25, 0.3) is 0 Å². The fourth-order valence-electron chi connectivity index (χ4n) is 4.36. The molecule has 2 amide bonds. The third kappa shape index (κ3) is 15.2. The summed E-state index contributed by atoms with van der Waals surface area (Å²) in [4.78, 5) is 51.7. The summed E-state index contributed by atoms with van der Waals surface area (Å²) in [6, 6.07) is 14.0. The second kappa shape index (κ2) is 20.8. The van der Waals surface area contributed by atoms with E-state index in [0.717, 1.165) is 5.56 Å². The van der Waals surface area contributed by atoms with Gasteiger partial charge in [-0.2, -0.15) is 0 Å². The van der Waals surface area contributed by atoms with Crippen molar-refractivity contribution in [2.45, 2.75) is 63.3 Å². The summed E-state index contributed by atoms with van der Waals surface area (Å²) in [5, 5.41) is 18.7. The van der Waals surface area contributed by atoms with E-state index >= 15 is 0 Å². The Bertz CT molecular complexity index is 1260. The van der Waals surface area contributed by atoms with Crippen molar-refractivity contribution in [3.8, 4) is 0 Å². The number of carbonyl (C=O) groups is 4. The molecule has 0 aromatic heterocycles. The monoisotopic (exact) mass is 640 g/mol. The average Bonchev–Trinajstić information content (AvgIpc) is 3.02. The standard InChI is InChI=1S/C30H48N12O4/c31-27(32)21-12-10-20(11-13-21)17-39-28(46)23(9-5-15-38-30(35)36)41-25(44)18-40-42-22(8-4-14-37-29(33)34)26(45)24(43)16-19-6-2-1-3-7-19/h1-3,6-7,10-13,22-23,29-30,37-38,40,42H,4-5,8-9,14-18,33-36H2,(H3,31,32)(H,39,46)(H,41,44)/t22-,23-/m0/s1. The lowest BCUT2D eigenvalue weighted by molar-refractivity contribution is -0.137. The molecule has 0 aliphatic carbocycles. The molecular formula is C30H48N12O4. The Morgan fingerprint density at radius 2 is 1.35 bits per heavy atom. The maximum absolute atomic E-state index is 13.1. The molecule has 2 aromatic rings. The third-order valence-corrected chi connectivity index (χ3v) is 6.81. The number of amides is 2. The van der Waals surface area contributed by atoms with Gasteiger partial charge in [0.1, 0.15) is 24.5 Å². The number of amidine groups is 1. The van der Waals surface area contributed by atoms with Crippen LogP contribution in [0.1, 0.15) is 42.4 Å². The van der Waals surface area contributed by atoms with Gasteiger partial charge in [-0.15, -0.1) is 0 Å². The fourth-order valence-corrected chi connectivity index (χ4v) is 4.36. The Hall–Kier alpha value is -4.13. The maximum Gasteiger partial charge on any atom is 0.242 e. The number of ketones is 2. The molecular weight excluding hydrogens is 592 g/mol. The van der Waals surface area contributed by atoms with Gasteiger partial charge in [0.2, 0.25) is 23.4 Å². The van der Waals surface area contributed by atoms with Crippen LogP contribution in [0.5, 0.6) is 0 Å². The number of carbonyl (C=O) groups excluding carboxylic acids is 4. The lowest BCUT2D eigenvalue weighted by Gasteiger charge is -2.21. The van der Waals surface area contributed by atoms with Crippen molar-refractivity contribution in [3.63, 3.8) is 0 Å². The van der Waals surface area contributed by atoms with Crippen LogP contribution in [-0.4, -0.2) is 73.5 Å². The summed E-state index contributed by atoms with van der Waals surface area (Å²) in [6.07, 6.45) is 0.0365. The number of benzene rings is 2. The third-order valence-electron chi connectivity index (χ3n) is 6.81. The molecule has 17 N–H and O–H groups in total. The number of nitrogen functional groups attached to an aromatic ring is 1. The largest absolute Gasteiger partial charge is 0.384 e. The highest BCUT2D eigenvalue weighted by Crippen LogP contribution is 2.06. The number of hydrazine groups is 1. The molecule has 2 atom stereocenters. The average molecular weight is 641 g/mol. The van der Waals surface area contributed by atoms with Gasteiger partial charge in [-0.3, -0.25) is 35.2 Å². The highest BCUT2D eigenvalue weighted by Gasteiger charge is 2.25. The van der Waals surface area contributed by atoms with Gasteiger partial charge in [-0.25, -0.2) is 10.9 Å². The second-order valence-electron chi connectivity index (χ2n) is 10.7. The molecule has 0 aliphatic rings. The Morgan fingerprint density at radius 3 is 1.91 bits per heavy atom. The van der Waals surface area contributed by atoms with Crippen molar-refractivity contribution in [1.82, 2.24) is 32.1 Å². The van der Waals surface area contributed by atoms with E-state index in [1.54, 1.807) is 48.5 Å². The molecule has 2 aromatic carbocycles. The number of hydrogen-bond donors (Lipinski definition) is 12. The molecule has 0 radical (unpaired) electrons. The minimum absolute atomic E-state index is 0.0498. The van der Waals surface area contributed by atoms with Gasteiger partial charge in [0.05, 0.1) is 12.6 Å². The zero-order valence-corrected chi connectivity index (χ0v) is 25.9. The minimum Gasteiger partial charge on any atom is -0.384 e. The number of nitrogens with one attached hydrogen (secondary N) is 7. The Morgan fingerprint density at radius 1 is 0.761 bits per heavy atom. The van der Waals surface area contributed by atoms with E-state index in [1.807, 2.05) is 6.07 Å². The van der Waals surface area contributed by atoms with Gasteiger partial charge >= 0.3 is 0 Å². The van der Waals surface area contributed by atoms with E-state index in [0.29, 0.717) is 43.5 Å². The van der Waals surface area contributed by atoms with Crippen molar-refractivity contribution in [2.24, 2.45) is 28.7 Å². The van der Waals surface area contributed by atoms with Crippen molar-refractivity contribution >= 4 is 29.2 Å². The maximum atomic E-state index is 13.1. The number of nitrogens with two attached hydrogens (primary N) is 5. The zero-order chi connectivity index (χ0) is 33.9. The Labute approximate surface area is 268 Å². The van der Waals surface area contributed by atoms with E-state index in [-0.39, 0.29) is 31.8 Å². The Kier molecular flexibility index (Phi) is 17.2. The highest BCUT2D eigenvalue weighted by molar-refractivity contribution is 6.39. The minimum atomic E-state index is -0.917. The molecule has 2 rings (SSSR count). The van der Waals surface area contributed by atoms with Crippen LogP contribution >= 0.6 is 0 Å². The van der Waals surface area contributed by atoms with Crippen molar-refractivity contribution in [3.05, 3.63) is 71.3 Å². The van der Waals surface area contributed by atoms with Gasteiger partial charge in [0, 0.05) is 18.5 Å². The fraction of sp³-hybridized carbons (Fsp3) is 0.433. The van der Waals surface area contributed by atoms with Crippen LogP contribution in [0, 0.1) is 5.41 Å². The highest BCUT2D eigenvalue weighted by atomic mass is 16.2. The van der Waals surface area contributed by atoms with Gasteiger partial charge in [-0.05, 0) is 49.9 Å². The number of Topliss-reactive ketones (excluding diaryl/α,β-unsaturated/α-hetero) is 2. The second-order valence-corrected chi connectivity index (χ2v) is 10.7. The van der Waals surface area contributed by atoms with Gasteiger partial charge < -0.3 is 39.3 Å².